The Morgan fingerprint density at radius 3 is 2.70 bits per heavy atom. The summed E-state index contributed by atoms with van der Waals surface area (Å²) in [6.07, 6.45) is 1.63. The number of pyridine rings is 1. The molecule has 1 N–H and O–H groups in total. The van der Waals surface area contributed by atoms with Gasteiger partial charge in [-0.25, -0.2) is 4.98 Å². The third-order valence-corrected chi connectivity index (χ3v) is 3.90. The number of benzene rings is 1. The summed E-state index contributed by atoms with van der Waals surface area (Å²) in [6.45, 7) is 2.24. The van der Waals surface area contributed by atoms with Crippen LogP contribution < -0.4 is 0 Å². The Hall–Kier alpha value is -1.34. The van der Waals surface area contributed by atoms with Gasteiger partial charge >= 0.3 is 22.9 Å². The molecule has 4 nitrogen and oxygen atoms in total. The standard InChI is InChI=1S/C14H12ClIN2O2/c1-10(14-13(19)3-2-8-17-14)18(16)20-9-11-4-6-12(15)7-5-11/h2-8H,9H2,1H3/p+1. The molecule has 2 aromatic rings. The number of halogens is 2. The molecule has 0 unspecified atom stereocenters. The molecule has 0 radical (unpaired) electrons. The SMILES string of the molecule is CC(c1ncccc1O)=[N+](I)OCc1ccc(Cl)cc1. The van der Waals surface area contributed by atoms with Gasteiger partial charge in [0.1, 0.15) is 5.75 Å². The number of hydrogen-bond donors (Lipinski definition) is 1. The van der Waals surface area contributed by atoms with Gasteiger partial charge in [0.25, 0.3) is 5.71 Å². The fourth-order valence-corrected chi connectivity index (χ4v) is 2.06. The molecule has 1 aromatic heterocycles. The average Bonchev–Trinajstić information content (AvgIpc) is 2.46. The second-order valence-electron chi connectivity index (χ2n) is 4.10. The normalized spacial score (nSPS) is 11.9. The lowest BCUT2D eigenvalue weighted by atomic mass is 10.2. The van der Waals surface area contributed by atoms with Crippen molar-refractivity contribution >= 4 is 40.2 Å². The Morgan fingerprint density at radius 1 is 1.35 bits per heavy atom. The number of nitrogens with zero attached hydrogens (tertiary/aromatic N) is 2. The van der Waals surface area contributed by atoms with Crippen LogP contribution in [0.25, 0.3) is 0 Å². The lowest BCUT2D eigenvalue weighted by Gasteiger charge is -2.02. The first-order valence-electron chi connectivity index (χ1n) is 5.89. The van der Waals surface area contributed by atoms with Crippen molar-refractivity contribution in [2.75, 3.05) is 0 Å². The molecule has 0 spiro atoms. The van der Waals surface area contributed by atoms with E-state index in [0.29, 0.717) is 17.3 Å². The van der Waals surface area contributed by atoms with Crippen LogP contribution in [0.1, 0.15) is 18.2 Å². The Kier molecular flexibility index (Phi) is 5.19. The zero-order valence-electron chi connectivity index (χ0n) is 10.8. The van der Waals surface area contributed by atoms with Gasteiger partial charge in [-0.1, -0.05) is 23.7 Å². The predicted molar refractivity (Wildman–Crippen MR) is 86.2 cm³/mol. The van der Waals surface area contributed by atoms with Crippen LogP contribution in [-0.4, -0.2) is 18.8 Å². The highest BCUT2D eigenvalue weighted by atomic mass is 127. The number of aromatic hydroxyl groups is 1. The summed E-state index contributed by atoms with van der Waals surface area (Å²) in [5, 5.41) is 10.5. The maximum absolute atomic E-state index is 9.76. The van der Waals surface area contributed by atoms with Crippen LogP contribution in [0.5, 0.6) is 5.75 Å². The highest BCUT2D eigenvalue weighted by Gasteiger charge is 2.17. The Labute approximate surface area is 136 Å². The van der Waals surface area contributed by atoms with Crippen molar-refractivity contribution in [2.24, 2.45) is 0 Å². The molecule has 6 heteroatoms. The minimum atomic E-state index is 0.127. The lowest BCUT2D eigenvalue weighted by Crippen LogP contribution is -2.12. The minimum absolute atomic E-state index is 0.127. The molecule has 0 aliphatic carbocycles. The van der Waals surface area contributed by atoms with Crippen LogP contribution in [-0.2, 0) is 11.4 Å². The molecule has 1 aromatic carbocycles. The summed E-state index contributed by atoms with van der Waals surface area (Å²) < 4.78 is 1.56. The van der Waals surface area contributed by atoms with E-state index in [9.17, 15) is 5.11 Å². The number of aromatic nitrogens is 1. The molecule has 2 rings (SSSR count). The zero-order chi connectivity index (χ0) is 14.5. The van der Waals surface area contributed by atoms with Gasteiger partial charge in [0, 0.05) is 21.1 Å². The van der Waals surface area contributed by atoms with Crippen molar-refractivity contribution in [1.82, 2.24) is 4.98 Å². The Bertz CT molecular complexity index is 629. The van der Waals surface area contributed by atoms with Crippen molar-refractivity contribution in [1.29, 1.82) is 0 Å². The van der Waals surface area contributed by atoms with Gasteiger partial charge in [0.2, 0.25) is 0 Å². The molecule has 20 heavy (non-hydrogen) atoms. The van der Waals surface area contributed by atoms with E-state index in [2.05, 4.69) is 4.98 Å². The summed E-state index contributed by atoms with van der Waals surface area (Å²) in [7, 11) is 0. The van der Waals surface area contributed by atoms with E-state index in [0.717, 1.165) is 11.3 Å². The molecule has 104 valence electrons. The van der Waals surface area contributed by atoms with Gasteiger partial charge in [0.15, 0.2) is 12.3 Å². The maximum Gasteiger partial charge on any atom is 0.407 e. The predicted octanol–water partition coefficient (Wildman–Crippen LogP) is 3.74. The summed E-state index contributed by atoms with van der Waals surface area (Å²) in [5.41, 5.74) is 2.23. The second-order valence-corrected chi connectivity index (χ2v) is 5.41. The van der Waals surface area contributed by atoms with Crippen LogP contribution in [0.4, 0.5) is 0 Å². The van der Waals surface area contributed by atoms with Gasteiger partial charge in [0.05, 0.1) is 0 Å². The van der Waals surface area contributed by atoms with Crippen molar-refractivity contribution < 1.29 is 12.9 Å². The quantitative estimate of drug-likeness (QED) is 0.366. The molecule has 0 saturated carbocycles. The monoisotopic (exact) mass is 403 g/mol. The first-order chi connectivity index (χ1) is 9.58. The molecule has 0 fully saturated rings. The first-order valence-corrected chi connectivity index (χ1v) is 7.23. The van der Waals surface area contributed by atoms with Gasteiger partial charge in [-0.3, -0.25) is 4.84 Å². The molecule has 0 amide bonds. The molecule has 0 aliphatic heterocycles. The average molecular weight is 404 g/mol. The van der Waals surface area contributed by atoms with Gasteiger partial charge in [-0.05, 0) is 29.8 Å². The van der Waals surface area contributed by atoms with Gasteiger partial charge in [-0.15, -0.1) is 0 Å². The lowest BCUT2D eigenvalue weighted by molar-refractivity contribution is -0.635. The van der Waals surface area contributed by atoms with Crippen molar-refractivity contribution in [3.05, 3.63) is 58.9 Å². The van der Waals surface area contributed by atoms with E-state index in [1.54, 1.807) is 21.3 Å². The second kappa shape index (κ2) is 6.90. The number of hydrogen-bond acceptors (Lipinski definition) is 3. The van der Waals surface area contributed by atoms with Gasteiger partial charge < -0.3 is 5.11 Å². The highest BCUT2D eigenvalue weighted by molar-refractivity contribution is 14.1. The molecular weight excluding hydrogens is 391 g/mol. The smallest absolute Gasteiger partial charge is 0.407 e. The summed E-state index contributed by atoms with van der Waals surface area (Å²) in [4.78, 5) is 9.76. The highest BCUT2D eigenvalue weighted by Crippen LogP contribution is 2.15. The fraction of sp³-hybridized carbons (Fsp3) is 0.143. The summed E-state index contributed by atoms with van der Waals surface area (Å²) in [6, 6.07) is 10.7. The van der Waals surface area contributed by atoms with Crippen LogP contribution >= 0.6 is 34.5 Å². The van der Waals surface area contributed by atoms with E-state index >= 15 is 0 Å². The Morgan fingerprint density at radius 2 is 2.05 bits per heavy atom. The number of rotatable bonds is 4. The van der Waals surface area contributed by atoms with Crippen LogP contribution in [0, 0.1) is 0 Å². The van der Waals surface area contributed by atoms with E-state index in [-0.39, 0.29) is 5.75 Å². The topological polar surface area (TPSA) is 45.4 Å². The largest absolute Gasteiger partial charge is 0.505 e. The zero-order valence-corrected chi connectivity index (χ0v) is 13.7. The maximum atomic E-state index is 9.76. The van der Waals surface area contributed by atoms with Crippen molar-refractivity contribution in [3.8, 4) is 5.75 Å². The van der Waals surface area contributed by atoms with E-state index in [1.807, 2.05) is 54.1 Å². The Balaban J connectivity index is 2.10. The molecule has 0 aliphatic rings. The van der Waals surface area contributed by atoms with E-state index < -0.39 is 0 Å². The van der Waals surface area contributed by atoms with Crippen LogP contribution in [0.2, 0.25) is 5.02 Å². The van der Waals surface area contributed by atoms with Crippen molar-refractivity contribution in [3.63, 3.8) is 0 Å². The van der Waals surface area contributed by atoms with E-state index in [4.69, 9.17) is 16.4 Å². The molecule has 0 bridgehead atoms. The van der Waals surface area contributed by atoms with Crippen LogP contribution in [0.3, 0.4) is 0 Å². The molecule has 1 heterocycles. The third kappa shape index (κ3) is 3.83. The summed E-state index contributed by atoms with van der Waals surface area (Å²) in [5.74, 6) is 0.127. The first kappa shape index (κ1) is 15.1. The molecular formula is C14H13ClIN2O2+. The van der Waals surface area contributed by atoms with Crippen molar-refractivity contribution in [2.45, 2.75) is 13.5 Å². The third-order valence-electron chi connectivity index (χ3n) is 2.65. The van der Waals surface area contributed by atoms with Gasteiger partial charge in [-0.2, -0.15) is 0 Å². The van der Waals surface area contributed by atoms with Crippen LogP contribution in [0.15, 0.2) is 42.6 Å². The summed E-state index contributed by atoms with van der Waals surface area (Å²) >= 11 is 7.85. The molecule has 0 atom stereocenters. The molecule has 0 saturated heterocycles. The minimum Gasteiger partial charge on any atom is -0.505 e. The van der Waals surface area contributed by atoms with E-state index in [1.165, 1.54) is 0 Å². The fourth-order valence-electron chi connectivity index (χ4n) is 1.57.